The molecule has 23 heavy (non-hydrogen) atoms. The molecule has 0 amide bonds. The lowest BCUT2D eigenvalue weighted by molar-refractivity contribution is -0.922. The van der Waals surface area contributed by atoms with E-state index in [0.717, 1.165) is 22.9 Å². The molecular weight excluding hydrogens is 330 g/mol. The van der Waals surface area contributed by atoms with Crippen LogP contribution in [0.1, 0.15) is 10.7 Å². The second-order valence-corrected chi connectivity index (χ2v) is 7.13. The Morgan fingerprint density at radius 1 is 1.26 bits per heavy atom. The van der Waals surface area contributed by atoms with Crippen LogP contribution in [-0.2, 0) is 13.1 Å². The Balaban J connectivity index is 1.84. The van der Waals surface area contributed by atoms with Crippen molar-refractivity contribution < 1.29 is 4.90 Å². The minimum absolute atomic E-state index is 0.0947. The third-order valence-corrected chi connectivity index (χ3v) is 4.80. The normalized spacial score (nSPS) is 12.4. The lowest BCUT2D eigenvalue weighted by atomic mass is 10.2. The highest BCUT2D eigenvalue weighted by Crippen LogP contribution is 2.20. The van der Waals surface area contributed by atoms with Gasteiger partial charge in [0.05, 0.1) is 26.7 Å². The van der Waals surface area contributed by atoms with Gasteiger partial charge < -0.3 is 9.88 Å². The molecule has 1 unspecified atom stereocenters. The molecule has 0 aliphatic heterocycles. The van der Waals surface area contributed by atoms with Crippen molar-refractivity contribution in [1.82, 2.24) is 9.97 Å². The van der Waals surface area contributed by atoms with Gasteiger partial charge in [0.15, 0.2) is 5.82 Å². The number of nitrogens with zero attached hydrogens (tertiary/aromatic N) is 1. The van der Waals surface area contributed by atoms with Crippen LogP contribution in [0.15, 0.2) is 53.8 Å². The zero-order valence-corrected chi connectivity index (χ0v) is 14.1. The fourth-order valence-corrected chi connectivity index (χ4v) is 3.72. The molecule has 4 nitrogen and oxygen atoms in total. The van der Waals surface area contributed by atoms with E-state index in [1.165, 1.54) is 9.78 Å². The van der Waals surface area contributed by atoms with Gasteiger partial charge in [0, 0.05) is 0 Å². The average Bonchev–Trinajstić information content (AvgIpc) is 2.93. The first-order valence-electron chi connectivity index (χ1n) is 7.32. The molecule has 0 saturated carbocycles. The van der Waals surface area contributed by atoms with Crippen LogP contribution in [0.25, 0.3) is 10.9 Å². The Kier molecular flexibility index (Phi) is 4.91. The average molecular weight is 347 g/mol. The van der Waals surface area contributed by atoms with Gasteiger partial charge in [-0.15, -0.1) is 11.3 Å². The van der Waals surface area contributed by atoms with E-state index in [1.54, 1.807) is 17.4 Å². The second kappa shape index (κ2) is 7.08. The summed E-state index contributed by atoms with van der Waals surface area (Å²) >= 11 is 7.57. The van der Waals surface area contributed by atoms with Crippen LogP contribution >= 0.6 is 22.9 Å². The highest BCUT2D eigenvalue weighted by Gasteiger charge is 2.13. The number of aromatic nitrogens is 2. The molecule has 0 spiro atoms. The van der Waals surface area contributed by atoms with E-state index in [2.05, 4.69) is 16.5 Å². The Hall–Kier alpha value is -1.95. The molecule has 118 valence electrons. The summed E-state index contributed by atoms with van der Waals surface area (Å²) in [7, 11) is 0. The van der Waals surface area contributed by atoms with Crippen molar-refractivity contribution in [2.75, 3.05) is 6.54 Å². The SMILES string of the molecule is C=CC[NH+](Cc1nc2ccccc2c(=O)[nH]1)Cc1ccc(Cl)s1. The van der Waals surface area contributed by atoms with Crippen molar-refractivity contribution in [1.29, 1.82) is 0 Å². The van der Waals surface area contributed by atoms with Crippen LogP contribution in [0.2, 0.25) is 4.34 Å². The van der Waals surface area contributed by atoms with Crippen molar-refractivity contribution in [3.8, 4) is 0 Å². The van der Waals surface area contributed by atoms with Crippen molar-refractivity contribution in [2.24, 2.45) is 0 Å². The van der Waals surface area contributed by atoms with Gasteiger partial charge >= 0.3 is 0 Å². The lowest BCUT2D eigenvalue weighted by Crippen LogP contribution is -3.09. The first-order chi connectivity index (χ1) is 11.2. The maximum absolute atomic E-state index is 12.2. The van der Waals surface area contributed by atoms with Gasteiger partial charge in [-0.25, -0.2) is 4.98 Å². The van der Waals surface area contributed by atoms with Crippen LogP contribution in [0.4, 0.5) is 0 Å². The number of fused-ring (bicyclic) bond motifs is 1. The number of halogens is 1. The number of nitrogens with one attached hydrogen (secondary N) is 2. The van der Waals surface area contributed by atoms with Crippen molar-refractivity contribution >= 4 is 33.8 Å². The molecule has 0 bridgehead atoms. The summed E-state index contributed by atoms with van der Waals surface area (Å²) in [6, 6.07) is 11.3. The van der Waals surface area contributed by atoms with E-state index >= 15 is 0 Å². The summed E-state index contributed by atoms with van der Waals surface area (Å²) in [5.41, 5.74) is 0.631. The number of quaternary nitrogens is 1. The molecule has 0 radical (unpaired) electrons. The van der Waals surface area contributed by atoms with E-state index < -0.39 is 0 Å². The molecule has 3 aromatic rings. The molecule has 6 heteroatoms. The quantitative estimate of drug-likeness (QED) is 0.673. The van der Waals surface area contributed by atoms with E-state index in [-0.39, 0.29) is 5.56 Å². The Morgan fingerprint density at radius 2 is 2.09 bits per heavy atom. The smallest absolute Gasteiger partial charge is 0.258 e. The molecule has 0 aliphatic carbocycles. The summed E-state index contributed by atoms with van der Waals surface area (Å²) in [5.74, 6) is 0.688. The van der Waals surface area contributed by atoms with Crippen LogP contribution in [0.3, 0.4) is 0 Å². The van der Waals surface area contributed by atoms with Gasteiger partial charge in [0.25, 0.3) is 5.56 Å². The molecule has 1 aromatic carbocycles. The molecule has 2 heterocycles. The number of aromatic amines is 1. The monoisotopic (exact) mass is 346 g/mol. The van der Waals surface area contributed by atoms with Crippen LogP contribution in [0, 0.1) is 0 Å². The Bertz CT molecular complexity index is 887. The minimum atomic E-state index is -0.0947. The summed E-state index contributed by atoms with van der Waals surface area (Å²) in [6.45, 7) is 6.05. The largest absolute Gasteiger partial charge is 0.321 e. The first kappa shape index (κ1) is 15.9. The predicted molar refractivity (Wildman–Crippen MR) is 95.1 cm³/mol. The second-order valence-electron chi connectivity index (χ2n) is 5.33. The fourth-order valence-electron chi connectivity index (χ4n) is 2.56. The van der Waals surface area contributed by atoms with Crippen LogP contribution in [-0.4, -0.2) is 16.5 Å². The molecule has 0 aliphatic rings. The standard InChI is InChI=1S/C17H16ClN3OS/c1-2-9-21(10-12-7-8-15(18)23-12)11-16-19-14-6-4-3-5-13(14)17(22)20-16/h2-8H,1,9-11H2,(H,19,20,22)/p+1. The zero-order valence-electron chi connectivity index (χ0n) is 12.5. The predicted octanol–water partition coefficient (Wildman–Crippen LogP) is 2.41. The third-order valence-electron chi connectivity index (χ3n) is 3.57. The van der Waals surface area contributed by atoms with E-state index in [4.69, 9.17) is 11.6 Å². The highest BCUT2D eigenvalue weighted by atomic mass is 35.5. The molecule has 1 atom stereocenters. The maximum atomic E-state index is 12.2. The molecule has 2 aromatic heterocycles. The van der Waals surface area contributed by atoms with Crippen molar-refractivity contribution in [3.05, 3.63) is 74.4 Å². The van der Waals surface area contributed by atoms with Gasteiger partial charge in [-0.1, -0.05) is 30.3 Å². The molecule has 0 saturated heterocycles. The number of benzene rings is 1. The number of hydrogen-bond acceptors (Lipinski definition) is 3. The summed E-state index contributed by atoms with van der Waals surface area (Å²) in [6.07, 6.45) is 1.88. The molecule has 2 N–H and O–H groups in total. The van der Waals surface area contributed by atoms with Crippen LogP contribution in [0.5, 0.6) is 0 Å². The van der Waals surface area contributed by atoms with Crippen LogP contribution < -0.4 is 10.5 Å². The summed E-state index contributed by atoms with van der Waals surface area (Å²) in [5, 5.41) is 0.617. The number of thiophene rings is 1. The topological polar surface area (TPSA) is 50.2 Å². The van der Waals surface area contributed by atoms with E-state index in [1.807, 2.05) is 36.4 Å². The van der Waals surface area contributed by atoms with Crippen molar-refractivity contribution in [3.63, 3.8) is 0 Å². The van der Waals surface area contributed by atoms with E-state index in [9.17, 15) is 4.79 Å². The lowest BCUT2D eigenvalue weighted by Gasteiger charge is -2.16. The number of rotatable bonds is 6. The number of H-pyrrole nitrogens is 1. The fraction of sp³-hybridized carbons (Fsp3) is 0.176. The van der Waals surface area contributed by atoms with Gasteiger partial charge in [0.2, 0.25) is 0 Å². The Morgan fingerprint density at radius 3 is 2.83 bits per heavy atom. The van der Waals surface area contributed by atoms with Gasteiger partial charge in [-0.2, -0.15) is 0 Å². The maximum Gasteiger partial charge on any atom is 0.258 e. The number of hydrogen-bond donors (Lipinski definition) is 2. The van der Waals surface area contributed by atoms with Gasteiger partial charge in [-0.05, 0) is 30.3 Å². The first-order valence-corrected chi connectivity index (χ1v) is 8.52. The minimum Gasteiger partial charge on any atom is -0.321 e. The molecule has 0 fully saturated rings. The third kappa shape index (κ3) is 3.88. The highest BCUT2D eigenvalue weighted by molar-refractivity contribution is 7.16. The number of para-hydroxylation sites is 1. The molecule has 3 rings (SSSR count). The Labute approximate surface area is 143 Å². The van der Waals surface area contributed by atoms with E-state index in [0.29, 0.717) is 17.8 Å². The summed E-state index contributed by atoms with van der Waals surface area (Å²) < 4.78 is 0.787. The van der Waals surface area contributed by atoms with Crippen molar-refractivity contribution in [2.45, 2.75) is 13.1 Å². The van der Waals surface area contributed by atoms with Gasteiger partial charge in [-0.3, -0.25) is 4.79 Å². The summed E-state index contributed by atoms with van der Waals surface area (Å²) in [4.78, 5) is 22.1. The van der Waals surface area contributed by atoms with Gasteiger partial charge in [0.1, 0.15) is 13.1 Å². The zero-order chi connectivity index (χ0) is 16.2. The molecular formula is C17H17ClN3OS+.